The van der Waals surface area contributed by atoms with Crippen LogP contribution in [0, 0.1) is 29.1 Å². The van der Waals surface area contributed by atoms with Gasteiger partial charge in [-0.1, -0.05) is 33.1 Å². The molecule has 0 aromatic heterocycles. The molecule has 12 heavy (non-hydrogen) atoms. The summed E-state index contributed by atoms with van der Waals surface area (Å²) in [6, 6.07) is 2.48. The summed E-state index contributed by atoms with van der Waals surface area (Å²) >= 11 is 0. The van der Waals surface area contributed by atoms with Crippen LogP contribution in [0.5, 0.6) is 0 Å². The van der Waals surface area contributed by atoms with Gasteiger partial charge in [0.1, 0.15) is 0 Å². The molecule has 1 fully saturated rings. The zero-order chi connectivity index (χ0) is 8.97. The number of rotatable bonds is 1. The SMILES string of the molecule is CC(C)C1CCCCCC1C#N. The first-order valence-corrected chi connectivity index (χ1v) is 5.15. The maximum Gasteiger partial charge on any atom is 0.0658 e. The minimum Gasteiger partial charge on any atom is -0.198 e. The summed E-state index contributed by atoms with van der Waals surface area (Å²) in [5, 5.41) is 8.99. The predicted molar refractivity (Wildman–Crippen MR) is 50.5 cm³/mol. The van der Waals surface area contributed by atoms with Gasteiger partial charge in [0.25, 0.3) is 0 Å². The normalized spacial score (nSPS) is 31.2. The Morgan fingerprint density at radius 3 is 2.42 bits per heavy atom. The zero-order valence-electron chi connectivity index (χ0n) is 8.21. The molecule has 0 aromatic carbocycles. The Bertz CT molecular complexity index is 166. The van der Waals surface area contributed by atoms with Crippen molar-refractivity contribution in [2.45, 2.75) is 46.0 Å². The third kappa shape index (κ3) is 2.24. The Morgan fingerprint density at radius 1 is 1.17 bits per heavy atom. The van der Waals surface area contributed by atoms with Crippen molar-refractivity contribution in [1.29, 1.82) is 5.26 Å². The highest BCUT2D eigenvalue weighted by atomic mass is 14.3. The van der Waals surface area contributed by atoms with E-state index < -0.39 is 0 Å². The Morgan fingerprint density at radius 2 is 1.83 bits per heavy atom. The second-order valence-electron chi connectivity index (χ2n) is 4.28. The van der Waals surface area contributed by atoms with Crippen molar-refractivity contribution in [3.8, 4) is 6.07 Å². The van der Waals surface area contributed by atoms with Crippen molar-refractivity contribution >= 4 is 0 Å². The molecular weight excluding hydrogens is 146 g/mol. The van der Waals surface area contributed by atoms with Crippen LogP contribution in [0.4, 0.5) is 0 Å². The number of nitrogens with zero attached hydrogens (tertiary/aromatic N) is 1. The average molecular weight is 165 g/mol. The zero-order valence-corrected chi connectivity index (χ0v) is 8.21. The van der Waals surface area contributed by atoms with E-state index in [0.717, 1.165) is 6.42 Å². The van der Waals surface area contributed by atoms with Gasteiger partial charge in [-0.2, -0.15) is 5.26 Å². The monoisotopic (exact) mass is 165 g/mol. The van der Waals surface area contributed by atoms with E-state index in [4.69, 9.17) is 5.26 Å². The fraction of sp³-hybridized carbons (Fsp3) is 0.909. The van der Waals surface area contributed by atoms with Gasteiger partial charge in [-0.15, -0.1) is 0 Å². The molecule has 2 unspecified atom stereocenters. The molecule has 0 saturated heterocycles. The van der Waals surface area contributed by atoms with Crippen molar-refractivity contribution in [2.75, 3.05) is 0 Å². The van der Waals surface area contributed by atoms with Gasteiger partial charge in [-0.25, -0.2) is 0 Å². The van der Waals surface area contributed by atoms with E-state index in [1.54, 1.807) is 0 Å². The number of nitriles is 1. The molecule has 0 aromatic rings. The summed E-state index contributed by atoms with van der Waals surface area (Å²) in [5.74, 6) is 1.69. The molecule has 2 atom stereocenters. The summed E-state index contributed by atoms with van der Waals surface area (Å²) in [6.07, 6.45) is 6.35. The van der Waals surface area contributed by atoms with E-state index in [2.05, 4.69) is 19.9 Å². The lowest BCUT2D eigenvalue weighted by molar-refractivity contribution is 0.286. The summed E-state index contributed by atoms with van der Waals surface area (Å²) in [4.78, 5) is 0. The molecule has 1 nitrogen and oxygen atoms in total. The van der Waals surface area contributed by atoms with Crippen LogP contribution < -0.4 is 0 Å². The van der Waals surface area contributed by atoms with Crippen LogP contribution in [0.25, 0.3) is 0 Å². The largest absolute Gasteiger partial charge is 0.198 e. The molecule has 1 aliphatic rings. The van der Waals surface area contributed by atoms with Crippen LogP contribution in [0.15, 0.2) is 0 Å². The molecule has 1 aliphatic carbocycles. The second-order valence-corrected chi connectivity index (χ2v) is 4.28. The van der Waals surface area contributed by atoms with E-state index >= 15 is 0 Å². The lowest BCUT2D eigenvalue weighted by Crippen LogP contribution is -2.17. The Balaban J connectivity index is 2.59. The highest BCUT2D eigenvalue weighted by molar-refractivity contribution is 4.90. The summed E-state index contributed by atoms with van der Waals surface area (Å²) < 4.78 is 0. The molecule has 0 heterocycles. The van der Waals surface area contributed by atoms with E-state index in [9.17, 15) is 0 Å². The van der Waals surface area contributed by atoms with Crippen LogP contribution in [-0.4, -0.2) is 0 Å². The first kappa shape index (κ1) is 9.58. The summed E-state index contributed by atoms with van der Waals surface area (Å²) in [6.45, 7) is 4.50. The Labute approximate surface area is 75.8 Å². The summed E-state index contributed by atoms with van der Waals surface area (Å²) in [5.41, 5.74) is 0. The first-order chi connectivity index (χ1) is 5.75. The highest BCUT2D eigenvalue weighted by Gasteiger charge is 2.25. The molecule has 0 bridgehead atoms. The third-order valence-electron chi connectivity index (χ3n) is 3.09. The lowest BCUT2D eigenvalue weighted by atomic mass is 9.81. The van der Waals surface area contributed by atoms with Gasteiger partial charge in [0.15, 0.2) is 0 Å². The van der Waals surface area contributed by atoms with Crippen LogP contribution in [0.1, 0.15) is 46.0 Å². The van der Waals surface area contributed by atoms with Crippen LogP contribution in [-0.2, 0) is 0 Å². The van der Waals surface area contributed by atoms with Gasteiger partial charge in [0, 0.05) is 5.92 Å². The van der Waals surface area contributed by atoms with E-state index in [-0.39, 0.29) is 0 Å². The topological polar surface area (TPSA) is 23.8 Å². The molecular formula is C11H19N. The van der Waals surface area contributed by atoms with Gasteiger partial charge in [0.05, 0.1) is 6.07 Å². The van der Waals surface area contributed by atoms with Gasteiger partial charge in [0.2, 0.25) is 0 Å². The Kier molecular flexibility index (Phi) is 3.59. The van der Waals surface area contributed by atoms with Gasteiger partial charge in [-0.3, -0.25) is 0 Å². The second kappa shape index (κ2) is 4.50. The maximum atomic E-state index is 8.99. The van der Waals surface area contributed by atoms with Gasteiger partial charge >= 0.3 is 0 Å². The van der Waals surface area contributed by atoms with Crippen molar-refractivity contribution in [2.24, 2.45) is 17.8 Å². The van der Waals surface area contributed by atoms with Crippen LogP contribution in [0.3, 0.4) is 0 Å². The lowest BCUT2D eigenvalue weighted by Gasteiger charge is -2.22. The van der Waals surface area contributed by atoms with Crippen molar-refractivity contribution in [1.82, 2.24) is 0 Å². The standard InChI is InChI=1S/C11H19N/c1-9(2)11-7-5-3-4-6-10(11)8-12/h9-11H,3-7H2,1-2H3. The molecule has 1 rings (SSSR count). The quantitative estimate of drug-likeness (QED) is 0.546. The van der Waals surface area contributed by atoms with E-state index in [0.29, 0.717) is 17.8 Å². The highest BCUT2D eigenvalue weighted by Crippen LogP contribution is 2.33. The molecule has 1 saturated carbocycles. The Hall–Kier alpha value is -0.510. The average Bonchev–Trinajstić information content (AvgIpc) is 2.27. The molecule has 0 aliphatic heterocycles. The molecule has 68 valence electrons. The van der Waals surface area contributed by atoms with Crippen molar-refractivity contribution < 1.29 is 0 Å². The van der Waals surface area contributed by atoms with Crippen molar-refractivity contribution in [3.05, 3.63) is 0 Å². The minimum atomic E-state index is 0.340. The molecule has 0 N–H and O–H groups in total. The smallest absolute Gasteiger partial charge is 0.0658 e. The van der Waals surface area contributed by atoms with E-state index in [1.807, 2.05) is 0 Å². The number of hydrogen-bond donors (Lipinski definition) is 0. The maximum absolute atomic E-state index is 8.99. The summed E-state index contributed by atoms with van der Waals surface area (Å²) in [7, 11) is 0. The fourth-order valence-electron chi connectivity index (χ4n) is 2.29. The third-order valence-corrected chi connectivity index (χ3v) is 3.09. The first-order valence-electron chi connectivity index (χ1n) is 5.15. The fourth-order valence-corrected chi connectivity index (χ4v) is 2.29. The predicted octanol–water partition coefficient (Wildman–Crippen LogP) is 3.36. The van der Waals surface area contributed by atoms with Crippen LogP contribution in [0.2, 0.25) is 0 Å². The van der Waals surface area contributed by atoms with Crippen LogP contribution >= 0.6 is 0 Å². The van der Waals surface area contributed by atoms with Gasteiger partial charge in [-0.05, 0) is 24.7 Å². The molecule has 0 amide bonds. The van der Waals surface area contributed by atoms with Gasteiger partial charge < -0.3 is 0 Å². The van der Waals surface area contributed by atoms with Crippen molar-refractivity contribution in [3.63, 3.8) is 0 Å². The molecule has 0 spiro atoms. The number of hydrogen-bond acceptors (Lipinski definition) is 1. The molecule has 1 heteroatoms. The minimum absolute atomic E-state index is 0.340. The van der Waals surface area contributed by atoms with E-state index in [1.165, 1.54) is 25.7 Å². The molecule has 0 radical (unpaired) electrons.